The van der Waals surface area contributed by atoms with Gasteiger partial charge in [0.15, 0.2) is 5.82 Å². The summed E-state index contributed by atoms with van der Waals surface area (Å²) in [5.41, 5.74) is -2.29. The minimum Gasteiger partial charge on any atom is -0.380 e. The van der Waals surface area contributed by atoms with Crippen molar-refractivity contribution in [3.63, 3.8) is 0 Å². The van der Waals surface area contributed by atoms with Crippen molar-refractivity contribution in [3.05, 3.63) is 80.6 Å². The van der Waals surface area contributed by atoms with Crippen molar-refractivity contribution in [2.45, 2.75) is 51.4 Å². The number of halogens is 4. The van der Waals surface area contributed by atoms with Crippen LogP contribution < -0.4 is 16.4 Å². The summed E-state index contributed by atoms with van der Waals surface area (Å²) in [4.78, 5) is 33.3. The number of H-pyrrole nitrogens is 1. The van der Waals surface area contributed by atoms with E-state index >= 15 is 0 Å². The average Bonchev–Trinajstić information content (AvgIpc) is 2.86. The Morgan fingerprint density at radius 2 is 1.89 bits per heavy atom. The molecule has 1 aromatic carbocycles. The predicted molar refractivity (Wildman–Crippen MR) is 133 cm³/mol. The number of aryl methyl sites for hydroxylation is 1. The lowest BCUT2D eigenvalue weighted by Crippen LogP contribution is -2.33. The SMILES string of the molecule is Cc1cnc(-c2cc3ccn(C[C@@H]4CCC[C@H](Nc5cn[nH]c(=O)c5C(F)(F)F)C4)c(=O)c3cc2F)nc1. The number of fused-ring (bicyclic) bond motifs is 1. The van der Waals surface area contributed by atoms with Crippen LogP contribution in [0.5, 0.6) is 0 Å². The summed E-state index contributed by atoms with van der Waals surface area (Å²) in [7, 11) is 0. The van der Waals surface area contributed by atoms with E-state index in [1.807, 2.05) is 12.0 Å². The monoisotopic (exact) mass is 528 g/mol. The number of aromatic amines is 1. The molecule has 12 heteroatoms. The van der Waals surface area contributed by atoms with Gasteiger partial charge in [-0.15, -0.1) is 0 Å². The lowest BCUT2D eigenvalue weighted by molar-refractivity contribution is -0.138. The van der Waals surface area contributed by atoms with E-state index in [2.05, 4.69) is 20.4 Å². The van der Waals surface area contributed by atoms with E-state index < -0.39 is 23.1 Å². The number of nitrogens with one attached hydrogen (secondary N) is 2. The first-order chi connectivity index (χ1) is 18.1. The van der Waals surface area contributed by atoms with E-state index in [0.29, 0.717) is 24.8 Å². The maximum absolute atomic E-state index is 14.9. The molecule has 5 rings (SSSR count). The van der Waals surface area contributed by atoms with Crippen molar-refractivity contribution in [2.24, 2.45) is 5.92 Å². The Labute approximate surface area is 213 Å². The fourth-order valence-corrected chi connectivity index (χ4v) is 5.03. The van der Waals surface area contributed by atoms with Gasteiger partial charge in [0.25, 0.3) is 11.1 Å². The van der Waals surface area contributed by atoms with E-state index in [1.54, 1.807) is 30.7 Å². The van der Waals surface area contributed by atoms with E-state index in [-0.39, 0.29) is 40.0 Å². The summed E-state index contributed by atoms with van der Waals surface area (Å²) in [6, 6.07) is 4.14. The molecule has 0 spiro atoms. The minimum atomic E-state index is -4.83. The lowest BCUT2D eigenvalue weighted by atomic mass is 9.85. The Morgan fingerprint density at radius 1 is 1.13 bits per heavy atom. The molecule has 2 N–H and O–H groups in total. The number of pyridine rings is 1. The molecular formula is C26H24F4N6O2. The van der Waals surface area contributed by atoms with Crippen molar-refractivity contribution >= 4 is 16.5 Å². The maximum atomic E-state index is 14.9. The van der Waals surface area contributed by atoms with Gasteiger partial charge in [0.1, 0.15) is 11.4 Å². The highest BCUT2D eigenvalue weighted by atomic mass is 19.4. The molecule has 1 fully saturated rings. The van der Waals surface area contributed by atoms with Crippen LogP contribution >= 0.6 is 0 Å². The van der Waals surface area contributed by atoms with E-state index in [4.69, 9.17) is 0 Å². The first kappa shape index (κ1) is 25.6. The molecule has 38 heavy (non-hydrogen) atoms. The number of alkyl halides is 3. The molecule has 8 nitrogen and oxygen atoms in total. The lowest BCUT2D eigenvalue weighted by Gasteiger charge is -2.31. The second-order valence-corrected chi connectivity index (χ2v) is 9.64. The quantitative estimate of drug-likeness (QED) is 0.365. The molecule has 1 aliphatic carbocycles. The molecule has 0 amide bonds. The molecule has 3 aromatic heterocycles. The van der Waals surface area contributed by atoms with Gasteiger partial charge in [-0.1, -0.05) is 6.42 Å². The molecule has 0 radical (unpaired) electrons. The predicted octanol–water partition coefficient (Wildman–Crippen LogP) is 4.68. The molecule has 198 valence electrons. The molecule has 0 saturated heterocycles. The maximum Gasteiger partial charge on any atom is 0.423 e. The summed E-state index contributed by atoms with van der Waals surface area (Å²) in [5, 5.41) is 8.94. The van der Waals surface area contributed by atoms with Crippen LogP contribution in [-0.2, 0) is 12.7 Å². The molecule has 1 saturated carbocycles. The Kier molecular flexibility index (Phi) is 6.72. The topological polar surface area (TPSA) is 106 Å². The molecule has 0 unspecified atom stereocenters. The third kappa shape index (κ3) is 5.15. The first-order valence-corrected chi connectivity index (χ1v) is 12.1. The van der Waals surface area contributed by atoms with Crippen LogP contribution in [0.25, 0.3) is 22.2 Å². The summed E-state index contributed by atoms with van der Waals surface area (Å²) < 4.78 is 56.7. The Morgan fingerprint density at radius 3 is 2.63 bits per heavy atom. The average molecular weight is 529 g/mol. The van der Waals surface area contributed by atoms with Crippen molar-refractivity contribution in [1.82, 2.24) is 24.7 Å². The molecule has 4 aromatic rings. The number of benzene rings is 1. The highest BCUT2D eigenvalue weighted by Crippen LogP contribution is 2.34. The van der Waals surface area contributed by atoms with E-state index in [1.165, 1.54) is 10.6 Å². The van der Waals surface area contributed by atoms with E-state index in [9.17, 15) is 27.2 Å². The zero-order chi connectivity index (χ0) is 27.0. The van der Waals surface area contributed by atoms with Crippen molar-refractivity contribution in [1.29, 1.82) is 0 Å². The van der Waals surface area contributed by atoms with Crippen LogP contribution in [0.15, 0.2) is 52.6 Å². The van der Waals surface area contributed by atoms with Gasteiger partial charge in [-0.25, -0.2) is 19.5 Å². The highest BCUT2D eigenvalue weighted by molar-refractivity contribution is 5.86. The van der Waals surface area contributed by atoms with Gasteiger partial charge in [-0.05, 0) is 61.3 Å². The van der Waals surface area contributed by atoms with Crippen LogP contribution in [0, 0.1) is 18.7 Å². The fraction of sp³-hybridized carbons (Fsp3) is 0.346. The summed E-state index contributed by atoms with van der Waals surface area (Å²) in [6.07, 6.45) is 3.57. The normalized spacial score (nSPS) is 18.0. The second kappa shape index (κ2) is 9.99. The smallest absolute Gasteiger partial charge is 0.380 e. The standard InChI is InChI=1S/C26H24F4N6O2/c1-14-10-31-23(32-11-14)19-8-16-5-6-36(25(38)18(16)9-20(19)27)13-15-3-2-4-17(7-15)34-21-12-33-35-24(37)22(21)26(28,29)30/h5-6,8-12,15,17H,2-4,7,13H2,1H3,(H2,34,35,37)/t15-,17+/m1/s1. The van der Waals surface area contributed by atoms with Crippen LogP contribution in [-0.4, -0.2) is 30.8 Å². The van der Waals surface area contributed by atoms with Crippen molar-refractivity contribution in [2.75, 3.05) is 5.32 Å². The molecule has 3 heterocycles. The number of nitrogens with zero attached hydrogens (tertiary/aromatic N) is 4. The third-order valence-corrected chi connectivity index (χ3v) is 6.82. The van der Waals surface area contributed by atoms with Gasteiger partial charge in [-0.3, -0.25) is 9.59 Å². The largest absolute Gasteiger partial charge is 0.423 e. The third-order valence-electron chi connectivity index (χ3n) is 6.82. The molecule has 2 atom stereocenters. The molecule has 0 bridgehead atoms. The van der Waals surface area contributed by atoms with Gasteiger partial charge < -0.3 is 9.88 Å². The Bertz CT molecular complexity index is 1600. The number of aromatic nitrogens is 5. The van der Waals surface area contributed by atoms with Crippen molar-refractivity contribution in [3.8, 4) is 11.4 Å². The number of anilines is 1. The first-order valence-electron chi connectivity index (χ1n) is 12.1. The number of hydrogen-bond acceptors (Lipinski definition) is 6. The van der Waals surface area contributed by atoms with Gasteiger partial charge in [-0.2, -0.15) is 18.3 Å². The van der Waals surface area contributed by atoms with Gasteiger partial charge in [0.05, 0.1) is 22.8 Å². The second-order valence-electron chi connectivity index (χ2n) is 9.64. The van der Waals surface area contributed by atoms with Gasteiger partial charge in [0.2, 0.25) is 0 Å². The summed E-state index contributed by atoms with van der Waals surface area (Å²) >= 11 is 0. The van der Waals surface area contributed by atoms with Crippen LogP contribution in [0.2, 0.25) is 0 Å². The Balaban J connectivity index is 1.36. The molecule has 0 aliphatic heterocycles. The Hall–Kier alpha value is -4.09. The minimum absolute atomic E-state index is 0.00855. The summed E-state index contributed by atoms with van der Waals surface area (Å²) in [6.45, 7) is 2.16. The van der Waals surface area contributed by atoms with Crippen LogP contribution in [0.4, 0.5) is 23.2 Å². The zero-order valence-corrected chi connectivity index (χ0v) is 20.3. The summed E-state index contributed by atoms with van der Waals surface area (Å²) in [5.74, 6) is -0.389. The fourth-order valence-electron chi connectivity index (χ4n) is 5.03. The number of rotatable bonds is 5. The van der Waals surface area contributed by atoms with Gasteiger partial charge in [0, 0.05) is 31.2 Å². The molecule has 1 aliphatic rings. The van der Waals surface area contributed by atoms with E-state index in [0.717, 1.165) is 24.6 Å². The van der Waals surface area contributed by atoms with Gasteiger partial charge >= 0.3 is 6.18 Å². The van der Waals surface area contributed by atoms with Crippen LogP contribution in [0.3, 0.4) is 0 Å². The highest BCUT2D eigenvalue weighted by Gasteiger charge is 2.38. The zero-order valence-electron chi connectivity index (χ0n) is 20.3. The van der Waals surface area contributed by atoms with Crippen molar-refractivity contribution < 1.29 is 17.6 Å². The van der Waals surface area contributed by atoms with Crippen LogP contribution in [0.1, 0.15) is 36.8 Å². The molecular weight excluding hydrogens is 504 g/mol. The number of hydrogen-bond donors (Lipinski definition) is 2.